The Labute approximate surface area is 85.8 Å². The maximum absolute atomic E-state index is 3.66. The molecule has 0 radical (unpaired) electrons. The molecule has 3 heterocycles. The Kier molecular flexibility index (Phi) is 2.63. The summed E-state index contributed by atoms with van der Waals surface area (Å²) in [6.45, 7) is 4.92. The van der Waals surface area contributed by atoms with Crippen molar-refractivity contribution >= 4 is 20.2 Å². The molecule has 3 heteroatoms. The number of nitrogens with one attached hydrogen (secondary N) is 1. The first-order chi connectivity index (χ1) is 6.13. The first kappa shape index (κ1) is 10.2. The molecule has 3 rings (SSSR count). The van der Waals surface area contributed by atoms with Crippen molar-refractivity contribution in [3.05, 3.63) is 0 Å². The van der Waals surface area contributed by atoms with E-state index < -0.39 is 0 Å². The summed E-state index contributed by atoms with van der Waals surface area (Å²) in [6, 6.07) is 0. The van der Waals surface area contributed by atoms with Gasteiger partial charge >= 0.3 is 0 Å². The van der Waals surface area contributed by atoms with E-state index in [1.54, 1.807) is 17.3 Å². The van der Waals surface area contributed by atoms with E-state index in [-0.39, 0.29) is 20.2 Å². The van der Waals surface area contributed by atoms with Crippen LogP contribution in [-0.2, 0) is 0 Å². The molecular formula is C10H23NS2. The lowest BCUT2D eigenvalue weighted by atomic mass is 10.6. The third-order valence-corrected chi connectivity index (χ3v) is 13.7. The van der Waals surface area contributed by atoms with Gasteiger partial charge in [-0.2, -0.15) is 10.2 Å². The fraction of sp³-hybridized carbons (Fsp3) is 1.00. The summed E-state index contributed by atoms with van der Waals surface area (Å²) in [5.74, 6) is 9.37. The Balaban J connectivity index is 2.11. The normalized spacial score (nSPS) is 54.2. The highest BCUT2D eigenvalue weighted by Gasteiger charge is 2.43. The van der Waals surface area contributed by atoms with Gasteiger partial charge in [0.2, 0.25) is 0 Å². The molecule has 0 spiro atoms. The van der Waals surface area contributed by atoms with Gasteiger partial charge in [0.05, 0.1) is 0 Å². The second-order valence-electron chi connectivity index (χ2n) is 4.64. The van der Waals surface area contributed by atoms with Crippen molar-refractivity contribution in [2.45, 2.75) is 19.1 Å². The van der Waals surface area contributed by atoms with Gasteiger partial charge in [-0.25, -0.2) is 10.0 Å². The van der Waals surface area contributed by atoms with Crippen molar-refractivity contribution in [1.82, 2.24) is 4.72 Å². The lowest BCUT2D eigenvalue weighted by Gasteiger charge is -2.61. The van der Waals surface area contributed by atoms with Crippen LogP contribution in [0.5, 0.6) is 0 Å². The standard InChI is InChI=1S/C10H23NS2/c1-10(2)12-4-7-13(11-3,8-5-12)9-6-12/h10-11H,4-9H2,1-3H3. The van der Waals surface area contributed by atoms with E-state index >= 15 is 0 Å². The molecule has 80 valence electrons. The van der Waals surface area contributed by atoms with E-state index in [1.807, 2.05) is 0 Å². The van der Waals surface area contributed by atoms with Crippen LogP contribution in [0.1, 0.15) is 13.8 Å². The molecule has 0 aromatic carbocycles. The largest absolute Gasteiger partial charge is 0.284 e. The highest BCUT2D eigenvalue weighted by atomic mass is 32.3. The van der Waals surface area contributed by atoms with Gasteiger partial charge in [0.1, 0.15) is 0 Å². The highest BCUT2D eigenvalue weighted by molar-refractivity contribution is 8.42. The maximum atomic E-state index is 3.66. The minimum absolute atomic E-state index is 0.154. The molecule has 3 fully saturated rings. The van der Waals surface area contributed by atoms with Gasteiger partial charge in [0.15, 0.2) is 0 Å². The first-order valence-electron chi connectivity index (χ1n) is 5.33. The van der Waals surface area contributed by atoms with Crippen molar-refractivity contribution in [2.75, 3.05) is 41.6 Å². The van der Waals surface area contributed by atoms with Crippen molar-refractivity contribution in [1.29, 1.82) is 0 Å². The Morgan fingerprint density at radius 2 is 1.38 bits per heavy atom. The van der Waals surface area contributed by atoms with Crippen LogP contribution in [0.3, 0.4) is 0 Å². The molecule has 0 aromatic rings. The zero-order chi connectivity index (χ0) is 9.53. The van der Waals surface area contributed by atoms with Crippen molar-refractivity contribution in [3.8, 4) is 0 Å². The molecular weight excluding hydrogens is 198 g/mol. The van der Waals surface area contributed by atoms with Crippen molar-refractivity contribution in [3.63, 3.8) is 0 Å². The summed E-state index contributed by atoms with van der Waals surface area (Å²) in [5.41, 5.74) is 0. The highest BCUT2D eigenvalue weighted by Crippen LogP contribution is 2.67. The van der Waals surface area contributed by atoms with Gasteiger partial charge in [0, 0.05) is 0 Å². The van der Waals surface area contributed by atoms with E-state index in [2.05, 4.69) is 25.6 Å². The quantitative estimate of drug-likeness (QED) is 0.753. The molecule has 3 aliphatic rings. The minimum atomic E-state index is -0.308. The molecule has 3 aliphatic heterocycles. The number of fused-ring (bicyclic) bond motifs is 3. The Morgan fingerprint density at radius 3 is 1.69 bits per heavy atom. The molecule has 0 unspecified atom stereocenters. The molecule has 3 saturated heterocycles. The monoisotopic (exact) mass is 221 g/mol. The molecule has 1 N–H and O–H groups in total. The summed E-state index contributed by atoms with van der Waals surface area (Å²) >= 11 is 0. The minimum Gasteiger partial charge on any atom is -0.284 e. The summed E-state index contributed by atoms with van der Waals surface area (Å²) < 4.78 is 3.66. The van der Waals surface area contributed by atoms with Crippen LogP contribution in [0.15, 0.2) is 0 Å². The Bertz CT molecular complexity index is 179. The molecule has 0 aliphatic carbocycles. The van der Waals surface area contributed by atoms with Crippen molar-refractivity contribution < 1.29 is 0 Å². The predicted octanol–water partition coefficient (Wildman–Crippen LogP) is 2.17. The summed E-state index contributed by atoms with van der Waals surface area (Å²) in [7, 11) is 1.73. The van der Waals surface area contributed by atoms with Crippen molar-refractivity contribution in [2.24, 2.45) is 0 Å². The predicted molar refractivity (Wildman–Crippen MR) is 68.6 cm³/mol. The summed E-state index contributed by atoms with van der Waals surface area (Å²) in [5, 5.41) is 0.988. The zero-order valence-corrected chi connectivity index (χ0v) is 10.8. The van der Waals surface area contributed by atoms with Gasteiger partial charge in [-0.3, -0.25) is 4.72 Å². The van der Waals surface area contributed by atoms with E-state index in [9.17, 15) is 0 Å². The van der Waals surface area contributed by atoms with Crippen LogP contribution in [0.2, 0.25) is 0 Å². The van der Waals surface area contributed by atoms with Crippen LogP contribution >= 0.6 is 20.2 Å². The van der Waals surface area contributed by atoms with E-state index in [0.29, 0.717) is 0 Å². The lowest BCUT2D eigenvalue weighted by molar-refractivity contribution is 1.03. The molecule has 2 bridgehead atoms. The molecule has 0 atom stereocenters. The van der Waals surface area contributed by atoms with Crippen LogP contribution in [0.4, 0.5) is 0 Å². The van der Waals surface area contributed by atoms with Gasteiger partial charge in [-0.1, -0.05) is 13.8 Å². The average molecular weight is 221 g/mol. The van der Waals surface area contributed by atoms with E-state index in [0.717, 1.165) is 5.25 Å². The zero-order valence-electron chi connectivity index (χ0n) is 9.14. The third kappa shape index (κ3) is 1.53. The molecule has 0 aromatic heterocycles. The van der Waals surface area contributed by atoms with E-state index in [4.69, 9.17) is 0 Å². The second-order valence-corrected chi connectivity index (χ2v) is 12.8. The molecule has 1 nitrogen and oxygen atoms in total. The Morgan fingerprint density at radius 1 is 0.923 bits per heavy atom. The lowest BCUT2D eigenvalue weighted by Crippen LogP contribution is -2.46. The van der Waals surface area contributed by atoms with Crippen LogP contribution in [0, 0.1) is 0 Å². The van der Waals surface area contributed by atoms with Crippen LogP contribution in [0.25, 0.3) is 0 Å². The average Bonchev–Trinajstić information content (AvgIpc) is 2.20. The summed E-state index contributed by atoms with van der Waals surface area (Å²) in [4.78, 5) is 0. The molecule has 0 saturated carbocycles. The number of rotatable bonds is 2. The second kappa shape index (κ2) is 3.35. The van der Waals surface area contributed by atoms with Gasteiger partial charge in [0.25, 0.3) is 0 Å². The van der Waals surface area contributed by atoms with Gasteiger partial charge in [-0.15, -0.1) is 0 Å². The number of hydrogen-bond acceptors (Lipinski definition) is 1. The smallest absolute Gasteiger partial charge is 0.00327 e. The SMILES string of the molecule is CNS12CCS(C(C)C)(CC1)CC2. The topological polar surface area (TPSA) is 12.0 Å². The third-order valence-electron chi connectivity index (χ3n) is 4.07. The van der Waals surface area contributed by atoms with Gasteiger partial charge in [-0.05, 0) is 46.8 Å². The van der Waals surface area contributed by atoms with E-state index in [1.165, 1.54) is 17.3 Å². The van der Waals surface area contributed by atoms with Crippen LogP contribution < -0.4 is 4.72 Å². The fourth-order valence-electron chi connectivity index (χ4n) is 2.60. The molecule has 13 heavy (non-hydrogen) atoms. The fourth-order valence-corrected chi connectivity index (χ4v) is 13.7. The number of hydrogen-bond donors (Lipinski definition) is 1. The Hall–Kier alpha value is 0.660. The summed E-state index contributed by atoms with van der Waals surface area (Å²) in [6.07, 6.45) is 0. The first-order valence-corrected chi connectivity index (χ1v) is 9.67. The molecule has 0 amide bonds. The van der Waals surface area contributed by atoms with Gasteiger partial charge < -0.3 is 0 Å². The maximum Gasteiger partial charge on any atom is -0.00327 e. The van der Waals surface area contributed by atoms with Crippen LogP contribution in [-0.4, -0.2) is 46.8 Å².